The van der Waals surface area contributed by atoms with Crippen LogP contribution in [0.5, 0.6) is 0 Å². The summed E-state index contributed by atoms with van der Waals surface area (Å²) < 4.78 is 0. The van der Waals surface area contributed by atoms with E-state index in [1.165, 1.54) is 19.3 Å². The zero-order chi connectivity index (χ0) is 14.0. The number of carbonyl (C=O) groups excluding carboxylic acids is 2. The van der Waals surface area contributed by atoms with Crippen LogP contribution < -0.4 is 5.32 Å². The fraction of sp³-hybridized carbons (Fsp3) is 0.867. The van der Waals surface area contributed by atoms with Crippen LogP contribution in [-0.2, 0) is 9.59 Å². The third kappa shape index (κ3) is 2.49. The summed E-state index contributed by atoms with van der Waals surface area (Å²) in [5.41, 5.74) is 0.277. The number of carbonyl (C=O) groups is 2. The fourth-order valence-corrected chi connectivity index (χ4v) is 3.36. The van der Waals surface area contributed by atoms with Crippen LogP contribution in [-0.4, -0.2) is 35.3 Å². The monoisotopic (exact) mass is 266 g/mol. The molecule has 2 unspecified atom stereocenters. The third-order valence-electron chi connectivity index (χ3n) is 5.04. The van der Waals surface area contributed by atoms with Crippen LogP contribution in [0.3, 0.4) is 0 Å². The first kappa shape index (κ1) is 14.4. The minimum Gasteiger partial charge on any atom is -0.343 e. The number of piperazine rings is 1. The molecule has 1 saturated heterocycles. The molecule has 0 spiro atoms. The van der Waals surface area contributed by atoms with Gasteiger partial charge < -0.3 is 10.2 Å². The Kier molecular flexibility index (Phi) is 4.16. The zero-order valence-electron chi connectivity index (χ0n) is 12.4. The Labute approximate surface area is 115 Å². The maximum atomic E-state index is 12.5. The summed E-state index contributed by atoms with van der Waals surface area (Å²) >= 11 is 0. The number of rotatable bonds is 5. The van der Waals surface area contributed by atoms with Gasteiger partial charge in [0.15, 0.2) is 0 Å². The highest BCUT2D eigenvalue weighted by Gasteiger charge is 2.44. The van der Waals surface area contributed by atoms with Gasteiger partial charge in [-0.25, -0.2) is 0 Å². The van der Waals surface area contributed by atoms with E-state index in [4.69, 9.17) is 0 Å². The van der Waals surface area contributed by atoms with Crippen molar-refractivity contribution >= 4 is 11.8 Å². The highest BCUT2D eigenvalue weighted by atomic mass is 16.2. The van der Waals surface area contributed by atoms with Gasteiger partial charge in [-0.3, -0.25) is 9.59 Å². The summed E-state index contributed by atoms with van der Waals surface area (Å²) in [6.45, 7) is 6.90. The molecule has 4 nitrogen and oxygen atoms in total. The van der Waals surface area contributed by atoms with Crippen LogP contribution in [0.2, 0.25) is 0 Å². The lowest BCUT2D eigenvalue weighted by Crippen LogP contribution is -2.65. The van der Waals surface area contributed by atoms with E-state index in [1.807, 2.05) is 18.7 Å². The fourth-order valence-electron chi connectivity index (χ4n) is 3.36. The minimum atomic E-state index is -0.315. The molecule has 1 heterocycles. The number of amides is 2. The molecular weight excluding hydrogens is 240 g/mol. The average Bonchev–Trinajstić information content (AvgIpc) is 2.37. The highest BCUT2D eigenvalue weighted by molar-refractivity contribution is 5.96. The maximum absolute atomic E-state index is 12.5. The maximum Gasteiger partial charge on any atom is 0.245 e. The Morgan fingerprint density at radius 2 is 1.89 bits per heavy atom. The van der Waals surface area contributed by atoms with E-state index in [-0.39, 0.29) is 29.3 Å². The Balaban J connectivity index is 2.17. The summed E-state index contributed by atoms with van der Waals surface area (Å²) in [6, 6.07) is -0.580. The molecule has 2 fully saturated rings. The molecule has 2 amide bonds. The predicted octanol–water partition coefficient (Wildman–Crippen LogP) is 2.08. The van der Waals surface area contributed by atoms with Crippen molar-refractivity contribution < 1.29 is 9.59 Å². The molecule has 108 valence electrons. The molecular formula is C15H26N2O2. The second-order valence-corrected chi connectivity index (χ2v) is 6.07. The van der Waals surface area contributed by atoms with Gasteiger partial charge in [0.05, 0.1) is 0 Å². The minimum absolute atomic E-state index is 0.0273. The van der Waals surface area contributed by atoms with Gasteiger partial charge in [-0.1, -0.05) is 27.2 Å². The van der Waals surface area contributed by atoms with Crippen molar-refractivity contribution in [2.45, 2.75) is 71.4 Å². The summed E-state index contributed by atoms with van der Waals surface area (Å²) in [4.78, 5) is 26.5. The Bertz CT molecular complexity index is 358. The van der Waals surface area contributed by atoms with E-state index in [0.717, 1.165) is 13.0 Å². The van der Waals surface area contributed by atoms with E-state index in [9.17, 15) is 9.59 Å². The Hall–Kier alpha value is -1.06. The average molecular weight is 266 g/mol. The van der Waals surface area contributed by atoms with Crippen molar-refractivity contribution in [3.8, 4) is 0 Å². The number of nitrogens with zero attached hydrogens (tertiary/aromatic N) is 1. The quantitative estimate of drug-likeness (QED) is 0.828. The molecule has 1 aliphatic carbocycles. The first-order valence-corrected chi connectivity index (χ1v) is 7.67. The van der Waals surface area contributed by atoms with Gasteiger partial charge in [0.25, 0.3) is 0 Å². The molecule has 0 aromatic heterocycles. The third-order valence-corrected chi connectivity index (χ3v) is 5.04. The number of hydrogen-bond donors (Lipinski definition) is 1. The first-order valence-electron chi connectivity index (χ1n) is 7.67. The van der Waals surface area contributed by atoms with Gasteiger partial charge in [0.1, 0.15) is 12.1 Å². The molecule has 0 radical (unpaired) electrons. The molecule has 2 aliphatic rings. The van der Waals surface area contributed by atoms with Crippen molar-refractivity contribution in [3.05, 3.63) is 0 Å². The molecule has 1 N–H and O–H groups in total. The lowest BCUT2D eigenvalue weighted by atomic mass is 9.66. The van der Waals surface area contributed by atoms with Crippen LogP contribution in [0.15, 0.2) is 0 Å². The van der Waals surface area contributed by atoms with Crippen LogP contribution in [0.4, 0.5) is 0 Å². The van der Waals surface area contributed by atoms with E-state index >= 15 is 0 Å². The summed E-state index contributed by atoms with van der Waals surface area (Å²) in [6.07, 6.45) is 6.14. The number of hydrogen-bond acceptors (Lipinski definition) is 2. The van der Waals surface area contributed by atoms with Gasteiger partial charge in [0.2, 0.25) is 11.8 Å². The van der Waals surface area contributed by atoms with E-state index < -0.39 is 0 Å². The Morgan fingerprint density at radius 1 is 1.21 bits per heavy atom. The van der Waals surface area contributed by atoms with Gasteiger partial charge in [-0.2, -0.15) is 0 Å². The molecule has 4 heteroatoms. The van der Waals surface area contributed by atoms with Crippen molar-refractivity contribution in [1.29, 1.82) is 0 Å². The summed E-state index contributed by atoms with van der Waals surface area (Å²) in [5, 5.41) is 2.86. The van der Waals surface area contributed by atoms with Gasteiger partial charge in [-0.05, 0) is 37.5 Å². The van der Waals surface area contributed by atoms with Crippen molar-refractivity contribution in [2.24, 2.45) is 5.41 Å². The molecule has 2 atom stereocenters. The second-order valence-electron chi connectivity index (χ2n) is 6.07. The van der Waals surface area contributed by atoms with E-state index in [2.05, 4.69) is 12.2 Å². The lowest BCUT2D eigenvalue weighted by Gasteiger charge is -2.48. The molecule has 2 rings (SSSR count). The topological polar surface area (TPSA) is 49.4 Å². The van der Waals surface area contributed by atoms with Crippen LogP contribution in [0, 0.1) is 5.41 Å². The molecule has 1 aliphatic heterocycles. The van der Waals surface area contributed by atoms with Gasteiger partial charge >= 0.3 is 0 Å². The predicted molar refractivity (Wildman–Crippen MR) is 74.6 cm³/mol. The van der Waals surface area contributed by atoms with Gasteiger partial charge in [0, 0.05) is 6.54 Å². The summed E-state index contributed by atoms with van der Waals surface area (Å²) in [5.74, 6) is 0.146. The largest absolute Gasteiger partial charge is 0.343 e. The lowest BCUT2D eigenvalue weighted by molar-refractivity contribution is -0.152. The smallest absolute Gasteiger partial charge is 0.245 e. The normalized spacial score (nSPS) is 29.9. The first-order chi connectivity index (χ1) is 9.06. The second kappa shape index (κ2) is 5.51. The van der Waals surface area contributed by atoms with Crippen molar-refractivity contribution in [3.63, 3.8) is 0 Å². The van der Waals surface area contributed by atoms with E-state index in [1.54, 1.807) is 0 Å². The number of nitrogens with one attached hydrogen (secondary N) is 1. The van der Waals surface area contributed by atoms with Crippen LogP contribution >= 0.6 is 0 Å². The molecule has 0 aromatic carbocycles. The standard InChI is InChI=1S/C15H26N2O2/c1-4-11-14(19)17(12(5-2)13(18)16-11)10-15(6-3)8-7-9-15/h11-12H,4-10H2,1-3H3,(H,16,18). The highest BCUT2D eigenvalue weighted by Crippen LogP contribution is 2.45. The zero-order valence-corrected chi connectivity index (χ0v) is 12.4. The molecule has 0 bridgehead atoms. The Morgan fingerprint density at radius 3 is 2.32 bits per heavy atom. The summed E-state index contributed by atoms with van der Waals surface area (Å²) in [7, 11) is 0. The van der Waals surface area contributed by atoms with Gasteiger partial charge in [-0.15, -0.1) is 0 Å². The SMILES string of the molecule is CCC1NC(=O)C(CC)N(CC2(CC)CCC2)C1=O. The molecule has 0 aromatic rings. The molecule has 1 saturated carbocycles. The molecule has 19 heavy (non-hydrogen) atoms. The van der Waals surface area contributed by atoms with Crippen LogP contribution in [0.1, 0.15) is 59.3 Å². The van der Waals surface area contributed by atoms with Crippen molar-refractivity contribution in [2.75, 3.05) is 6.54 Å². The van der Waals surface area contributed by atoms with Crippen molar-refractivity contribution in [1.82, 2.24) is 10.2 Å². The van der Waals surface area contributed by atoms with Crippen LogP contribution in [0.25, 0.3) is 0 Å². The van der Waals surface area contributed by atoms with E-state index in [0.29, 0.717) is 12.8 Å².